The topological polar surface area (TPSA) is 67.8 Å². The molecule has 0 aromatic heterocycles. The van der Waals surface area contributed by atoms with Crippen molar-refractivity contribution in [2.75, 3.05) is 20.8 Å². The number of aliphatic carboxylic acids is 1. The van der Waals surface area contributed by atoms with Gasteiger partial charge in [0.2, 0.25) is 0 Å². The van der Waals surface area contributed by atoms with Gasteiger partial charge in [0.1, 0.15) is 0 Å². The molecule has 0 bridgehead atoms. The second-order valence-electron chi connectivity index (χ2n) is 6.00. The van der Waals surface area contributed by atoms with Crippen molar-refractivity contribution in [1.29, 1.82) is 0 Å². The predicted molar refractivity (Wildman–Crippen MR) is 75.6 cm³/mol. The summed E-state index contributed by atoms with van der Waals surface area (Å²) in [4.78, 5) is 11.5. The highest BCUT2D eigenvalue weighted by molar-refractivity contribution is 5.71. The number of ether oxygens (including phenoxy) is 2. The Morgan fingerprint density at radius 1 is 1.25 bits per heavy atom. The van der Waals surface area contributed by atoms with E-state index in [1.54, 1.807) is 14.2 Å². The van der Waals surface area contributed by atoms with Crippen LogP contribution in [0, 0.1) is 17.8 Å². The van der Waals surface area contributed by atoms with Crippen molar-refractivity contribution in [3.8, 4) is 0 Å². The Morgan fingerprint density at radius 3 is 2.55 bits per heavy atom. The average molecular weight is 285 g/mol. The molecule has 6 atom stereocenters. The largest absolute Gasteiger partial charge is 0.481 e. The van der Waals surface area contributed by atoms with E-state index in [4.69, 9.17) is 9.47 Å². The molecule has 1 saturated carbocycles. The Labute approximate surface area is 121 Å². The highest BCUT2D eigenvalue weighted by Crippen LogP contribution is 2.41. The molecule has 0 aromatic carbocycles. The van der Waals surface area contributed by atoms with Gasteiger partial charge in [0.05, 0.1) is 18.1 Å². The van der Waals surface area contributed by atoms with Gasteiger partial charge in [0.15, 0.2) is 0 Å². The number of hydrogen-bond donors (Lipinski definition) is 2. The summed E-state index contributed by atoms with van der Waals surface area (Å²) < 4.78 is 11.2. The third-order valence-electron chi connectivity index (χ3n) is 5.21. The first-order valence-corrected chi connectivity index (χ1v) is 7.65. The molecule has 0 aromatic rings. The van der Waals surface area contributed by atoms with E-state index in [1.165, 1.54) is 0 Å². The number of fused-ring (bicyclic) bond motifs is 1. The van der Waals surface area contributed by atoms with Gasteiger partial charge in [-0.3, -0.25) is 4.79 Å². The summed E-state index contributed by atoms with van der Waals surface area (Å²) in [7, 11) is 3.48. The molecule has 1 saturated heterocycles. The van der Waals surface area contributed by atoms with Crippen molar-refractivity contribution < 1.29 is 19.4 Å². The van der Waals surface area contributed by atoms with Gasteiger partial charge in [-0.05, 0) is 44.1 Å². The molecule has 20 heavy (non-hydrogen) atoms. The quantitative estimate of drug-likeness (QED) is 0.801. The first-order chi connectivity index (χ1) is 9.63. The molecule has 0 amide bonds. The van der Waals surface area contributed by atoms with E-state index < -0.39 is 5.97 Å². The maximum Gasteiger partial charge on any atom is 0.308 e. The van der Waals surface area contributed by atoms with E-state index in [2.05, 4.69) is 5.32 Å². The van der Waals surface area contributed by atoms with Gasteiger partial charge in [-0.2, -0.15) is 0 Å². The molecule has 2 N–H and O–H groups in total. The highest BCUT2D eigenvalue weighted by Gasteiger charge is 2.47. The van der Waals surface area contributed by atoms with Crippen molar-refractivity contribution >= 4 is 5.97 Å². The maximum atomic E-state index is 11.5. The van der Waals surface area contributed by atoms with Crippen molar-refractivity contribution in [1.82, 2.24) is 5.32 Å². The van der Waals surface area contributed by atoms with Crippen molar-refractivity contribution in [2.45, 2.75) is 50.9 Å². The molecule has 116 valence electrons. The fourth-order valence-corrected chi connectivity index (χ4v) is 4.25. The molecule has 1 aliphatic heterocycles. The maximum absolute atomic E-state index is 11.5. The van der Waals surface area contributed by atoms with Gasteiger partial charge in [-0.1, -0.05) is 6.92 Å². The van der Waals surface area contributed by atoms with Crippen LogP contribution in [0.3, 0.4) is 0 Å². The summed E-state index contributed by atoms with van der Waals surface area (Å²) in [6.45, 7) is 2.82. The van der Waals surface area contributed by atoms with Crippen molar-refractivity contribution in [3.05, 3.63) is 0 Å². The summed E-state index contributed by atoms with van der Waals surface area (Å²) in [5, 5.41) is 12.9. The van der Waals surface area contributed by atoms with Crippen LogP contribution < -0.4 is 5.32 Å². The van der Waals surface area contributed by atoms with Gasteiger partial charge in [0.25, 0.3) is 0 Å². The zero-order valence-corrected chi connectivity index (χ0v) is 12.7. The monoisotopic (exact) mass is 285 g/mol. The van der Waals surface area contributed by atoms with E-state index in [-0.39, 0.29) is 24.2 Å². The third-order valence-corrected chi connectivity index (χ3v) is 5.21. The smallest absolute Gasteiger partial charge is 0.308 e. The van der Waals surface area contributed by atoms with Gasteiger partial charge >= 0.3 is 5.97 Å². The van der Waals surface area contributed by atoms with Crippen LogP contribution in [0.4, 0.5) is 0 Å². The molecule has 2 aliphatic rings. The Bertz CT molecular complexity index is 336. The van der Waals surface area contributed by atoms with E-state index in [9.17, 15) is 9.90 Å². The van der Waals surface area contributed by atoms with Crippen LogP contribution in [0.15, 0.2) is 0 Å². The third kappa shape index (κ3) is 2.85. The van der Waals surface area contributed by atoms with Crippen LogP contribution in [0.1, 0.15) is 32.6 Å². The molecule has 2 fully saturated rings. The minimum atomic E-state index is -0.687. The van der Waals surface area contributed by atoms with Crippen LogP contribution in [-0.2, 0) is 14.3 Å². The number of hydrogen-bond acceptors (Lipinski definition) is 4. The summed E-state index contributed by atoms with van der Waals surface area (Å²) >= 11 is 0. The first kappa shape index (κ1) is 15.7. The first-order valence-electron chi connectivity index (χ1n) is 7.65. The number of rotatable bonds is 5. The van der Waals surface area contributed by atoms with E-state index in [1.807, 2.05) is 6.92 Å². The minimum absolute atomic E-state index is 0.0618. The summed E-state index contributed by atoms with van der Waals surface area (Å²) in [5.74, 6) is -0.215. The van der Waals surface area contributed by atoms with Crippen molar-refractivity contribution in [3.63, 3.8) is 0 Å². The average Bonchev–Trinajstić information content (AvgIpc) is 2.46. The van der Waals surface area contributed by atoms with Gasteiger partial charge in [-0.15, -0.1) is 0 Å². The lowest BCUT2D eigenvalue weighted by Crippen LogP contribution is -2.58. The molecule has 5 heteroatoms. The summed E-state index contributed by atoms with van der Waals surface area (Å²) in [6, 6.07) is 0.0618. The van der Waals surface area contributed by atoms with Crippen LogP contribution in [0.5, 0.6) is 0 Å². The Morgan fingerprint density at radius 2 is 2.00 bits per heavy atom. The van der Waals surface area contributed by atoms with Crippen molar-refractivity contribution in [2.24, 2.45) is 17.8 Å². The lowest BCUT2D eigenvalue weighted by Gasteiger charge is -2.49. The van der Waals surface area contributed by atoms with Crippen LogP contribution >= 0.6 is 0 Å². The van der Waals surface area contributed by atoms with Gasteiger partial charge in [-0.25, -0.2) is 0 Å². The molecule has 1 heterocycles. The second kappa shape index (κ2) is 6.87. The zero-order valence-electron chi connectivity index (χ0n) is 12.7. The molecule has 5 nitrogen and oxygen atoms in total. The Hall–Kier alpha value is -0.650. The zero-order chi connectivity index (χ0) is 14.7. The summed E-state index contributed by atoms with van der Waals surface area (Å²) in [6.07, 6.45) is 3.91. The number of carboxylic acid groups (broad SMARTS) is 1. The molecule has 1 aliphatic carbocycles. The summed E-state index contributed by atoms with van der Waals surface area (Å²) in [5.41, 5.74) is 0. The fourth-order valence-electron chi connectivity index (χ4n) is 4.25. The van der Waals surface area contributed by atoms with Crippen LogP contribution in [-0.4, -0.2) is 50.1 Å². The lowest BCUT2D eigenvalue weighted by molar-refractivity contribution is -0.148. The SMILES string of the molecule is CCC(C(=O)O)C1NCCC2C1CCC(OC)C2OC. The van der Waals surface area contributed by atoms with Crippen LogP contribution in [0.25, 0.3) is 0 Å². The predicted octanol–water partition coefficient (Wildman–Crippen LogP) is 1.52. The fraction of sp³-hybridized carbons (Fsp3) is 0.933. The van der Waals surface area contributed by atoms with E-state index in [0.29, 0.717) is 18.3 Å². The van der Waals surface area contributed by atoms with Crippen LogP contribution in [0.2, 0.25) is 0 Å². The van der Waals surface area contributed by atoms with E-state index in [0.717, 1.165) is 25.8 Å². The number of carboxylic acids is 1. The lowest BCUT2D eigenvalue weighted by atomic mass is 9.66. The molecular formula is C15H27NO4. The number of methoxy groups -OCH3 is 2. The standard InChI is InChI=1S/C15H27NO4/c1-4-9(15(17)18)13-10-5-6-12(19-2)14(20-3)11(10)7-8-16-13/h9-14,16H,4-8H2,1-3H3,(H,17,18). The number of piperidine rings is 1. The number of carbonyl (C=O) groups is 1. The van der Waals surface area contributed by atoms with E-state index >= 15 is 0 Å². The Kier molecular flexibility index (Phi) is 5.41. The second-order valence-corrected chi connectivity index (χ2v) is 6.00. The molecule has 6 unspecified atom stereocenters. The Balaban J connectivity index is 2.17. The molecule has 0 radical (unpaired) electrons. The molecule has 0 spiro atoms. The normalized spacial score (nSPS) is 39.0. The number of nitrogens with one attached hydrogen (secondary N) is 1. The van der Waals surface area contributed by atoms with Gasteiger partial charge < -0.3 is 19.9 Å². The molecule has 2 rings (SSSR count). The molecular weight excluding hydrogens is 258 g/mol. The highest BCUT2D eigenvalue weighted by atomic mass is 16.5. The minimum Gasteiger partial charge on any atom is -0.481 e. The van der Waals surface area contributed by atoms with Gasteiger partial charge in [0, 0.05) is 20.3 Å².